The monoisotopic (exact) mass is 363 g/mol. The van der Waals surface area contributed by atoms with E-state index in [-0.39, 0.29) is 16.8 Å². The summed E-state index contributed by atoms with van der Waals surface area (Å²) in [6.45, 7) is 8.79. The predicted molar refractivity (Wildman–Crippen MR) is 102 cm³/mol. The molecule has 1 heterocycles. The summed E-state index contributed by atoms with van der Waals surface area (Å²) in [6, 6.07) is 4.62. The second-order valence-corrected chi connectivity index (χ2v) is 7.87. The Balaban J connectivity index is 2.31. The van der Waals surface area contributed by atoms with E-state index in [1.54, 1.807) is 17.9 Å². The predicted octanol–water partition coefficient (Wildman–Crippen LogP) is 4.68. The van der Waals surface area contributed by atoms with Crippen LogP contribution in [0.3, 0.4) is 0 Å². The van der Waals surface area contributed by atoms with Gasteiger partial charge in [0.25, 0.3) is 5.69 Å². The van der Waals surface area contributed by atoms with E-state index in [1.807, 2.05) is 0 Å². The van der Waals surface area contributed by atoms with Crippen molar-refractivity contribution in [2.45, 2.75) is 52.2 Å². The Labute approximate surface area is 152 Å². The van der Waals surface area contributed by atoms with E-state index >= 15 is 0 Å². The molecule has 0 saturated carbocycles. The number of benzene rings is 1. The molecule has 1 fully saturated rings. The van der Waals surface area contributed by atoms with Crippen LogP contribution in [-0.2, 0) is 4.79 Å². The van der Waals surface area contributed by atoms with Crippen LogP contribution in [0.15, 0.2) is 23.2 Å². The lowest BCUT2D eigenvalue weighted by Crippen LogP contribution is -2.33. The highest BCUT2D eigenvalue weighted by Crippen LogP contribution is 2.34. The van der Waals surface area contributed by atoms with Crippen LogP contribution >= 0.6 is 11.8 Å². The number of thioether (sulfide) groups is 1. The number of nitro groups is 1. The van der Waals surface area contributed by atoms with Gasteiger partial charge in [0.15, 0.2) is 5.17 Å². The normalized spacial score (nSPS) is 19.2. The maximum absolute atomic E-state index is 12.7. The number of rotatable bonds is 7. The number of nitro benzene ring substituents is 1. The zero-order valence-corrected chi connectivity index (χ0v) is 16.0. The van der Waals surface area contributed by atoms with Gasteiger partial charge >= 0.3 is 0 Å². The average Bonchev–Trinajstić information content (AvgIpc) is 2.82. The van der Waals surface area contributed by atoms with E-state index in [2.05, 4.69) is 25.8 Å². The fourth-order valence-corrected chi connectivity index (χ4v) is 4.10. The Morgan fingerprint density at radius 1 is 1.40 bits per heavy atom. The van der Waals surface area contributed by atoms with Gasteiger partial charge in [-0.25, -0.2) is 4.99 Å². The van der Waals surface area contributed by atoms with E-state index in [0.29, 0.717) is 23.3 Å². The molecule has 6 nitrogen and oxygen atoms in total. The number of aliphatic imine (C=N–C) groups is 1. The van der Waals surface area contributed by atoms with Gasteiger partial charge < -0.3 is 0 Å². The van der Waals surface area contributed by atoms with Crippen LogP contribution in [0.5, 0.6) is 0 Å². The molecule has 1 unspecified atom stereocenters. The van der Waals surface area contributed by atoms with Crippen molar-refractivity contribution in [3.63, 3.8) is 0 Å². The molecule has 7 heteroatoms. The van der Waals surface area contributed by atoms with Crippen LogP contribution in [0.2, 0.25) is 0 Å². The van der Waals surface area contributed by atoms with Gasteiger partial charge in [-0.05, 0) is 37.3 Å². The second-order valence-electron chi connectivity index (χ2n) is 6.70. The Hall–Kier alpha value is -1.89. The highest BCUT2D eigenvalue weighted by atomic mass is 32.2. The molecule has 1 aliphatic heterocycles. The minimum atomic E-state index is -0.413. The van der Waals surface area contributed by atoms with Crippen LogP contribution < -0.4 is 0 Å². The smallest absolute Gasteiger partial charge is 0.269 e. The number of hydrogen-bond acceptors (Lipinski definition) is 5. The summed E-state index contributed by atoms with van der Waals surface area (Å²) in [5, 5.41) is 11.5. The van der Waals surface area contributed by atoms with E-state index in [4.69, 9.17) is 0 Å². The van der Waals surface area contributed by atoms with Crippen LogP contribution in [0.4, 0.5) is 11.4 Å². The molecular weight excluding hydrogens is 338 g/mol. The molecule has 0 bridgehead atoms. The van der Waals surface area contributed by atoms with Crippen LogP contribution in [-0.4, -0.2) is 32.7 Å². The molecule has 0 radical (unpaired) electrons. The fourth-order valence-electron chi connectivity index (χ4n) is 2.68. The van der Waals surface area contributed by atoms with Gasteiger partial charge in [0.2, 0.25) is 5.91 Å². The number of amides is 1. The SMILES string of the molecule is CCCCN1C(=O)C(CC(C)C)SC1=Nc1ccc([N+](=O)[O-])cc1C. The van der Waals surface area contributed by atoms with Gasteiger partial charge in [0, 0.05) is 18.7 Å². The van der Waals surface area contributed by atoms with E-state index in [1.165, 1.54) is 23.9 Å². The van der Waals surface area contributed by atoms with E-state index in [9.17, 15) is 14.9 Å². The van der Waals surface area contributed by atoms with Gasteiger partial charge in [-0.3, -0.25) is 19.8 Å². The zero-order chi connectivity index (χ0) is 18.6. The van der Waals surface area contributed by atoms with Crippen molar-refractivity contribution in [2.75, 3.05) is 6.54 Å². The van der Waals surface area contributed by atoms with Crippen molar-refractivity contribution in [2.24, 2.45) is 10.9 Å². The van der Waals surface area contributed by atoms with Crippen molar-refractivity contribution >= 4 is 34.2 Å². The topological polar surface area (TPSA) is 75.8 Å². The van der Waals surface area contributed by atoms with Crippen molar-refractivity contribution in [3.8, 4) is 0 Å². The molecule has 1 atom stereocenters. The molecule has 1 saturated heterocycles. The standard InChI is InChI=1S/C18H25N3O3S/c1-5-6-9-20-17(22)16(10-12(2)3)25-18(20)19-15-8-7-14(21(23)24)11-13(15)4/h7-8,11-12,16H,5-6,9-10H2,1-4H3. The van der Waals surface area contributed by atoms with E-state index < -0.39 is 4.92 Å². The number of hydrogen-bond donors (Lipinski definition) is 0. The summed E-state index contributed by atoms with van der Waals surface area (Å²) >= 11 is 1.51. The van der Waals surface area contributed by atoms with Crippen molar-refractivity contribution in [3.05, 3.63) is 33.9 Å². The molecule has 1 aromatic carbocycles. The lowest BCUT2D eigenvalue weighted by molar-refractivity contribution is -0.384. The zero-order valence-electron chi connectivity index (χ0n) is 15.2. The van der Waals surface area contributed by atoms with Gasteiger partial charge in [-0.2, -0.15) is 0 Å². The van der Waals surface area contributed by atoms with Gasteiger partial charge in [0.1, 0.15) is 0 Å². The van der Waals surface area contributed by atoms with Gasteiger partial charge in [0.05, 0.1) is 15.9 Å². The molecular formula is C18H25N3O3S. The summed E-state index contributed by atoms with van der Waals surface area (Å²) in [7, 11) is 0. The third-order valence-corrected chi connectivity index (χ3v) is 5.25. The first-order valence-corrected chi connectivity index (χ1v) is 9.53. The summed E-state index contributed by atoms with van der Waals surface area (Å²) in [5.41, 5.74) is 1.46. The molecule has 0 aliphatic carbocycles. The molecule has 2 rings (SSSR count). The number of non-ortho nitro benzene ring substituents is 1. The van der Waals surface area contributed by atoms with Gasteiger partial charge in [-0.1, -0.05) is 39.0 Å². The number of carbonyl (C=O) groups is 1. The Kier molecular flexibility index (Phi) is 6.58. The van der Waals surface area contributed by atoms with Gasteiger partial charge in [-0.15, -0.1) is 0 Å². The number of nitrogens with zero attached hydrogens (tertiary/aromatic N) is 3. The summed E-state index contributed by atoms with van der Waals surface area (Å²) in [6.07, 6.45) is 2.76. The Bertz CT molecular complexity index is 688. The largest absolute Gasteiger partial charge is 0.290 e. The molecule has 0 N–H and O–H groups in total. The second kappa shape index (κ2) is 8.47. The van der Waals surface area contributed by atoms with Crippen molar-refractivity contribution < 1.29 is 9.72 Å². The van der Waals surface area contributed by atoms with E-state index in [0.717, 1.165) is 24.8 Å². The first-order chi connectivity index (χ1) is 11.8. The van der Waals surface area contributed by atoms with Crippen LogP contribution in [0, 0.1) is 23.0 Å². The van der Waals surface area contributed by atoms with Crippen LogP contribution in [0.1, 0.15) is 45.6 Å². The third kappa shape index (κ3) is 4.81. The Morgan fingerprint density at radius 2 is 2.12 bits per heavy atom. The lowest BCUT2D eigenvalue weighted by Gasteiger charge is -2.16. The average molecular weight is 363 g/mol. The number of aryl methyl sites for hydroxylation is 1. The number of unbranched alkanes of at least 4 members (excludes halogenated alkanes) is 1. The lowest BCUT2D eigenvalue weighted by atomic mass is 10.1. The molecule has 1 aliphatic rings. The first kappa shape index (κ1) is 19.4. The third-order valence-electron chi connectivity index (χ3n) is 4.05. The first-order valence-electron chi connectivity index (χ1n) is 8.65. The molecule has 1 aromatic rings. The minimum absolute atomic E-state index is 0.0529. The molecule has 0 aromatic heterocycles. The molecule has 25 heavy (non-hydrogen) atoms. The van der Waals surface area contributed by atoms with Crippen molar-refractivity contribution in [1.29, 1.82) is 0 Å². The summed E-state index contributed by atoms with van der Waals surface area (Å²) in [5.74, 6) is 0.570. The van der Waals surface area contributed by atoms with Crippen LogP contribution in [0.25, 0.3) is 0 Å². The summed E-state index contributed by atoms with van der Waals surface area (Å²) < 4.78 is 0. The number of amidine groups is 1. The summed E-state index contributed by atoms with van der Waals surface area (Å²) in [4.78, 5) is 29.6. The maximum Gasteiger partial charge on any atom is 0.269 e. The highest BCUT2D eigenvalue weighted by Gasteiger charge is 2.37. The Morgan fingerprint density at radius 3 is 2.68 bits per heavy atom. The molecule has 0 spiro atoms. The molecule has 1 amide bonds. The highest BCUT2D eigenvalue weighted by molar-refractivity contribution is 8.15. The quantitative estimate of drug-likeness (QED) is 0.520. The number of carbonyl (C=O) groups excluding carboxylic acids is 1. The minimum Gasteiger partial charge on any atom is -0.290 e. The molecule has 136 valence electrons. The maximum atomic E-state index is 12.7. The van der Waals surface area contributed by atoms with Crippen molar-refractivity contribution in [1.82, 2.24) is 4.90 Å². The fraction of sp³-hybridized carbons (Fsp3) is 0.556.